The molecule has 0 radical (unpaired) electrons. The van der Waals surface area contributed by atoms with Crippen LogP contribution >= 0.6 is 0 Å². The highest BCUT2D eigenvalue weighted by Crippen LogP contribution is 2.26. The number of primary amides is 1. The van der Waals surface area contributed by atoms with Gasteiger partial charge in [-0.05, 0) is 17.7 Å². The molecule has 4 rings (SSSR count). The Balaban J connectivity index is 1.66. The third-order valence-electron chi connectivity index (χ3n) is 4.63. The van der Waals surface area contributed by atoms with Crippen molar-refractivity contribution in [1.82, 2.24) is 19.5 Å². The van der Waals surface area contributed by atoms with Crippen LogP contribution in [0.1, 0.15) is 21.6 Å². The Hall–Kier alpha value is -4.07. The second-order valence-corrected chi connectivity index (χ2v) is 6.48. The van der Waals surface area contributed by atoms with Crippen LogP contribution in [-0.2, 0) is 11.8 Å². The number of hydrogen-bond donors (Lipinski definition) is 2. The smallest absolute Gasteiger partial charge is 0.289 e. The number of imidazole rings is 1. The molecule has 0 aliphatic heterocycles. The molecule has 1 aromatic carbocycles. The number of benzene rings is 1. The average Bonchev–Trinajstić information content (AvgIpc) is 3.28. The molecule has 0 saturated heterocycles. The first-order valence-corrected chi connectivity index (χ1v) is 8.71. The number of fused-ring (bicyclic) bond motifs is 1. The number of rotatable bonds is 5. The molecule has 4 aromatic rings. The van der Waals surface area contributed by atoms with Gasteiger partial charge in [-0.1, -0.05) is 24.3 Å². The Morgan fingerprint density at radius 2 is 1.90 bits per heavy atom. The molecule has 3 heterocycles. The monoisotopic (exact) mass is 389 g/mol. The van der Waals surface area contributed by atoms with Crippen molar-refractivity contribution in [3.63, 3.8) is 0 Å². The molecule has 3 aromatic heterocycles. The number of nitrogens with two attached hydrogens (primary N) is 1. The van der Waals surface area contributed by atoms with Crippen LogP contribution in [-0.4, -0.2) is 31.2 Å². The molecule has 7 nitrogen and oxygen atoms in total. The number of halogens is 1. The summed E-state index contributed by atoms with van der Waals surface area (Å²) in [5.41, 5.74) is 8.94. The first-order valence-electron chi connectivity index (χ1n) is 8.71. The quantitative estimate of drug-likeness (QED) is 0.404. The van der Waals surface area contributed by atoms with Crippen molar-refractivity contribution < 1.29 is 14.0 Å². The summed E-state index contributed by atoms with van der Waals surface area (Å²) in [4.78, 5) is 34.5. The summed E-state index contributed by atoms with van der Waals surface area (Å²) in [5.74, 6) is -0.842. The lowest BCUT2D eigenvalue weighted by atomic mass is 10.0. The number of nitrogens with one attached hydrogen (secondary N) is 1. The molecule has 0 bridgehead atoms. The largest absolute Gasteiger partial charge is 0.366 e. The fraction of sp³-hybridized carbons (Fsp3) is 0.0476. The number of aromatic nitrogens is 4. The highest BCUT2D eigenvalue weighted by atomic mass is 19.1. The number of pyridine rings is 1. The minimum Gasteiger partial charge on any atom is -0.366 e. The van der Waals surface area contributed by atoms with Crippen LogP contribution in [0.2, 0.25) is 0 Å². The maximum Gasteiger partial charge on any atom is 0.289 e. The van der Waals surface area contributed by atoms with Crippen molar-refractivity contribution in [3.05, 3.63) is 77.9 Å². The number of aromatic amines is 1. The van der Waals surface area contributed by atoms with Gasteiger partial charge in [0, 0.05) is 47.6 Å². The minimum absolute atomic E-state index is 0.177. The van der Waals surface area contributed by atoms with Gasteiger partial charge in [0.25, 0.3) is 6.08 Å². The van der Waals surface area contributed by atoms with Crippen LogP contribution in [0.5, 0.6) is 0 Å². The van der Waals surface area contributed by atoms with Crippen LogP contribution in [0, 0.1) is 6.08 Å². The number of amides is 1. The van der Waals surface area contributed by atoms with E-state index in [-0.39, 0.29) is 11.5 Å². The van der Waals surface area contributed by atoms with Gasteiger partial charge < -0.3 is 15.3 Å². The first kappa shape index (κ1) is 18.3. The number of H-pyrrole nitrogens is 1. The third kappa shape index (κ3) is 3.43. The maximum atomic E-state index is 13.4. The van der Waals surface area contributed by atoms with Crippen LogP contribution in [0.3, 0.4) is 0 Å². The number of carbonyl (C=O) groups excluding carboxylic acids is 2. The maximum absolute atomic E-state index is 13.4. The molecular weight excluding hydrogens is 373 g/mol. The zero-order valence-corrected chi connectivity index (χ0v) is 15.4. The van der Waals surface area contributed by atoms with Gasteiger partial charge in [-0.3, -0.25) is 9.59 Å². The Kier molecular flexibility index (Phi) is 4.52. The summed E-state index contributed by atoms with van der Waals surface area (Å²) in [6.07, 6.45) is 6.88. The van der Waals surface area contributed by atoms with Gasteiger partial charge >= 0.3 is 0 Å². The van der Waals surface area contributed by atoms with Crippen LogP contribution in [0.25, 0.3) is 28.2 Å². The van der Waals surface area contributed by atoms with E-state index in [2.05, 4.69) is 15.0 Å². The van der Waals surface area contributed by atoms with Gasteiger partial charge in [-0.25, -0.2) is 9.97 Å². The third-order valence-corrected chi connectivity index (χ3v) is 4.63. The average molecular weight is 389 g/mol. The van der Waals surface area contributed by atoms with Gasteiger partial charge in [0.05, 0.1) is 6.20 Å². The van der Waals surface area contributed by atoms with E-state index in [9.17, 15) is 14.0 Å². The van der Waals surface area contributed by atoms with Gasteiger partial charge in [-0.2, -0.15) is 4.39 Å². The fourth-order valence-electron chi connectivity index (χ4n) is 3.05. The van der Waals surface area contributed by atoms with Crippen molar-refractivity contribution in [3.8, 4) is 11.1 Å². The van der Waals surface area contributed by atoms with E-state index in [4.69, 9.17) is 5.73 Å². The molecule has 0 aliphatic rings. The summed E-state index contributed by atoms with van der Waals surface area (Å²) >= 11 is 0. The summed E-state index contributed by atoms with van der Waals surface area (Å²) in [6.45, 7) is 0. The predicted molar refractivity (Wildman–Crippen MR) is 106 cm³/mol. The van der Waals surface area contributed by atoms with Gasteiger partial charge in [0.2, 0.25) is 11.7 Å². The zero-order valence-electron chi connectivity index (χ0n) is 15.4. The van der Waals surface area contributed by atoms with Crippen molar-refractivity contribution >= 4 is 28.8 Å². The molecule has 0 unspecified atom stereocenters. The lowest BCUT2D eigenvalue weighted by Crippen LogP contribution is -2.08. The molecule has 3 N–H and O–H groups in total. The highest BCUT2D eigenvalue weighted by molar-refractivity contribution is 6.08. The molecule has 1 amide bonds. The Morgan fingerprint density at radius 3 is 2.55 bits per heavy atom. The number of carbonyl (C=O) groups is 2. The van der Waals surface area contributed by atoms with Crippen LogP contribution in [0.15, 0.2) is 55.0 Å². The van der Waals surface area contributed by atoms with Crippen LogP contribution < -0.4 is 5.73 Å². The molecular formula is C21H16FN5O2. The van der Waals surface area contributed by atoms with E-state index >= 15 is 0 Å². The van der Waals surface area contributed by atoms with Crippen molar-refractivity contribution in [1.29, 1.82) is 0 Å². The standard InChI is InChI=1S/C21H16FN5O2/c1-27-17(11-26-21(27)22)19(29)13-4-2-12(3-5-13)15-8-16-14(6-7-18(23)28)9-24-20(16)25-10-15/h2-11H,1H3,(H2,23,28)(H,24,25). The SMILES string of the molecule is Cn1c(C(=O)c2ccc(-c3cnc4[nH]cc(C=CC(N)=O)c4c3)cc2)cnc1F. The lowest BCUT2D eigenvalue weighted by molar-refractivity contribution is -0.113. The second-order valence-electron chi connectivity index (χ2n) is 6.48. The molecule has 0 saturated carbocycles. The molecule has 0 spiro atoms. The summed E-state index contributed by atoms with van der Waals surface area (Å²) < 4.78 is 14.5. The van der Waals surface area contributed by atoms with E-state index in [1.165, 1.54) is 19.3 Å². The van der Waals surface area contributed by atoms with Gasteiger partial charge in [-0.15, -0.1) is 0 Å². The molecule has 144 valence electrons. The van der Waals surface area contributed by atoms with Crippen molar-refractivity contribution in [2.45, 2.75) is 0 Å². The number of hydrogen-bond acceptors (Lipinski definition) is 4. The lowest BCUT2D eigenvalue weighted by Gasteiger charge is -2.05. The highest BCUT2D eigenvalue weighted by Gasteiger charge is 2.16. The predicted octanol–water partition coefficient (Wildman–Crippen LogP) is 2.83. The summed E-state index contributed by atoms with van der Waals surface area (Å²) in [7, 11) is 1.45. The Labute approximate surface area is 164 Å². The summed E-state index contributed by atoms with van der Waals surface area (Å²) in [6, 6.07) is 8.89. The van der Waals surface area contributed by atoms with E-state index in [1.54, 1.807) is 42.7 Å². The van der Waals surface area contributed by atoms with Crippen LogP contribution in [0.4, 0.5) is 4.39 Å². The number of ketones is 1. The molecule has 8 heteroatoms. The van der Waals surface area contributed by atoms with E-state index in [0.29, 0.717) is 11.2 Å². The van der Waals surface area contributed by atoms with Crippen molar-refractivity contribution in [2.24, 2.45) is 12.8 Å². The summed E-state index contributed by atoms with van der Waals surface area (Å²) in [5, 5.41) is 0.838. The van der Waals surface area contributed by atoms with E-state index < -0.39 is 12.0 Å². The second kappa shape index (κ2) is 7.16. The Morgan fingerprint density at radius 1 is 1.14 bits per heavy atom. The van der Waals surface area contributed by atoms with Crippen molar-refractivity contribution in [2.75, 3.05) is 0 Å². The molecule has 0 atom stereocenters. The normalized spacial score (nSPS) is 11.4. The molecule has 0 fully saturated rings. The first-order chi connectivity index (χ1) is 13.9. The molecule has 29 heavy (non-hydrogen) atoms. The Bertz CT molecular complexity index is 1270. The topological polar surface area (TPSA) is 107 Å². The van der Waals surface area contributed by atoms with Gasteiger partial charge in [0.1, 0.15) is 11.3 Å². The molecule has 0 aliphatic carbocycles. The minimum atomic E-state index is -0.711. The van der Waals surface area contributed by atoms with E-state index in [0.717, 1.165) is 26.6 Å². The van der Waals surface area contributed by atoms with E-state index in [1.807, 2.05) is 6.07 Å². The number of nitrogens with zero attached hydrogens (tertiary/aromatic N) is 3. The fourth-order valence-corrected chi connectivity index (χ4v) is 3.05. The zero-order chi connectivity index (χ0) is 20.5. The van der Waals surface area contributed by atoms with Gasteiger partial charge in [0.15, 0.2) is 0 Å².